The van der Waals surface area contributed by atoms with Crippen molar-refractivity contribution in [1.82, 2.24) is 25.0 Å². The number of nitrogens with zero attached hydrogens (tertiary/aromatic N) is 4. The molecule has 1 aliphatic rings. The molecule has 0 amide bonds. The Hall–Kier alpha value is -3.28. The van der Waals surface area contributed by atoms with Gasteiger partial charge in [-0.25, -0.2) is 0 Å². The van der Waals surface area contributed by atoms with E-state index >= 15 is 0 Å². The van der Waals surface area contributed by atoms with Gasteiger partial charge >= 0.3 is 0 Å². The van der Waals surface area contributed by atoms with Crippen LogP contribution in [-0.2, 0) is 19.6 Å². The van der Waals surface area contributed by atoms with Crippen molar-refractivity contribution in [1.29, 1.82) is 0 Å². The summed E-state index contributed by atoms with van der Waals surface area (Å²) in [6.45, 7) is 4.81. The van der Waals surface area contributed by atoms with Crippen LogP contribution in [-0.4, -0.2) is 38.8 Å². The summed E-state index contributed by atoms with van der Waals surface area (Å²) in [5.41, 5.74) is 5.93. The zero-order chi connectivity index (χ0) is 21.6. The monoisotopic (exact) mass is 423 g/mol. The molecule has 0 bridgehead atoms. The van der Waals surface area contributed by atoms with Gasteiger partial charge in [-0.3, -0.25) is 14.6 Å². The number of hydrogen-bond donors (Lipinski definition) is 1. The highest BCUT2D eigenvalue weighted by molar-refractivity contribution is 5.61. The predicted molar refractivity (Wildman–Crippen MR) is 128 cm³/mol. The fraction of sp³-hybridized carbons (Fsp3) is 0.259. The number of likely N-dealkylation sites (tertiary alicyclic amines) is 1. The Balaban J connectivity index is 1.26. The summed E-state index contributed by atoms with van der Waals surface area (Å²) in [4.78, 5) is 6.84. The Morgan fingerprint density at radius 2 is 1.62 bits per heavy atom. The smallest absolute Gasteiger partial charge is 0.0983 e. The minimum absolute atomic E-state index is 0.498. The highest BCUT2D eigenvalue weighted by atomic mass is 15.3. The van der Waals surface area contributed by atoms with Gasteiger partial charge in [0.25, 0.3) is 0 Å². The molecule has 2 aromatic carbocycles. The fourth-order valence-electron chi connectivity index (χ4n) is 4.43. The lowest BCUT2D eigenvalue weighted by Crippen LogP contribution is -2.32. The third-order valence-corrected chi connectivity index (χ3v) is 6.06. The van der Waals surface area contributed by atoms with Crippen molar-refractivity contribution >= 4 is 0 Å². The zero-order valence-electron chi connectivity index (χ0n) is 18.3. The van der Waals surface area contributed by atoms with Crippen LogP contribution in [0.5, 0.6) is 0 Å². The topological polar surface area (TPSA) is 46.0 Å². The van der Waals surface area contributed by atoms with Crippen molar-refractivity contribution < 1.29 is 0 Å². The SMILES string of the molecule is c1ccc(CN2CC[C@@H](NCc3cn(Cc4ccccc4)nc3-c3cccnc3)C2)cc1. The molecule has 162 valence electrons. The Labute approximate surface area is 189 Å². The second kappa shape index (κ2) is 9.90. The molecule has 1 aliphatic heterocycles. The van der Waals surface area contributed by atoms with Crippen molar-refractivity contribution in [2.45, 2.75) is 32.1 Å². The molecule has 1 fully saturated rings. The minimum Gasteiger partial charge on any atom is -0.308 e. The van der Waals surface area contributed by atoms with E-state index in [1.54, 1.807) is 0 Å². The largest absolute Gasteiger partial charge is 0.308 e. The van der Waals surface area contributed by atoms with Gasteiger partial charge in [-0.2, -0.15) is 5.10 Å². The first-order chi connectivity index (χ1) is 15.8. The summed E-state index contributed by atoms with van der Waals surface area (Å²) < 4.78 is 2.05. The molecule has 1 saturated heterocycles. The Bertz CT molecular complexity index is 1110. The van der Waals surface area contributed by atoms with Crippen LogP contribution in [0.25, 0.3) is 11.3 Å². The lowest BCUT2D eigenvalue weighted by molar-refractivity contribution is 0.320. The van der Waals surface area contributed by atoms with Gasteiger partial charge in [-0.05, 0) is 29.7 Å². The zero-order valence-corrected chi connectivity index (χ0v) is 18.3. The van der Waals surface area contributed by atoms with Crippen LogP contribution in [0.1, 0.15) is 23.1 Å². The molecule has 4 aromatic rings. The predicted octanol–water partition coefficient (Wildman–Crippen LogP) is 4.36. The first-order valence-corrected chi connectivity index (χ1v) is 11.3. The van der Waals surface area contributed by atoms with Crippen molar-refractivity contribution in [3.05, 3.63) is 108 Å². The number of pyridine rings is 1. The van der Waals surface area contributed by atoms with Gasteiger partial charge in [0.2, 0.25) is 0 Å². The van der Waals surface area contributed by atoms with Crippen LogP contribution in [0.2, 0.25) is 0 Å². The summed E-state index contributed by atoms with van der Waals surface area (Å²) in [6, 6.07) is 25.8. The van der Waals surface area contributed by atoms with E-state index in [1.165, 1.54) is 23.1 Å². The summed E-state index contributed by atoms with van der Waals surface area (Å²) in [6.07, 6.45) is 7.06. The summed E-state index contributed by atoms with van der Waals surface area (Å²) in [5, 5.41) is 8.70. The summed E-state index contributed by atoms with van der Waals surface area (Å²) in [5.74, 6) is 0. The van der Waals surface area contributed by atoms with Crippen LogP contribution in [0.3, 0.4) is 0 Å². The molecule has 5 heteroatoms. The second-order valence-corrected chi connectivity index (χ2v) is 8.52. The molecule has 32 heavy (non-hydrogen) atoms. The van der Waals surface area contributed by atoms with E-state index in [2.05, 4.69) is 82.1 Å². The van der Waals surface area contributed by atoms with Gasteiger partial charge in [0.15, 0.2) is 0 Å². The molecular weight excluding hydrogens is 394 g/mol. The average molecular weight is 424 g/mol. The number of rotatable bonds is 8. The maximum absolute atomic E-state index is 4.92. The molecular formula is C27H29N5. The summed E-state index contributed by atoms with van der Waals surface area (Å²) in [7, 11) is 0. The fourth-order valence-corrected chi connectivity index (χ4v) is 4.43. The quantitative estimate of drug-likeness (QED) is 0.457. The molecule has 0 radical (unpaired) electrons. The van der Waals surface area contributed by atoms with Crippen LogP contribution in [0.4, 0.5) is 0 Å². The molecule has 5 nitrogen and oxygen atoms in total. The maximum atomic E-state index is 4.92. The van der Waals surface area contributed by atoms with Crippen LogP contribution >= 0.6 is 0 Å². The average Bonchev–Trinajstić information content (AvgIpc) is 3.46. The Morgan fingerprint density at radius 1 is 0.875 bits per heavy atom. The number of benzene rings is 2. The number of aromatic nitrogens is 3. The molecule has 0 spiro atoms. The molecule has 5 rings (SSSR count). The van der Waals surface area contributed by atoms with Gasteiger partial charge in [-0.15, -0.1) is 0 Å². The van der Waals surface area contributed by atoms with Crippen molar-refractivity contribution in [2.24, 2.45) is 0 Å². The van der Waals surface area contributed by atoms with E-state index in [4.69, 9.17) is 5.10 Å². The van der Waals surface area contributed by atoms with Gasteiger partial charge in [0, 0.05) is 61.9 Å². The van der Waals surface area contributed by atoms with Crippen LogP contribution in [0, 0.1) is 0 Å². The van der Waals surface area contributed by atoms with Gasteiger partial charge < -0.3 is 5.32 Å². The second-order valence-electron chi connectivity index (χ2n) is 8.52. The lowest BCUT2D eigenvalue weighted by atomic mass is 10.1. The van der Waals surface area contributed by atoms with E-state index in [1.807, 2.05) is 29.2 Å². The first-order valence-electron chi connectivity index (χ1n) is 11.3. The van der Waals surface area contributed by atoms with Crippen molar-refractivity contribution in [3.63, 3.8) is 0 Å². The van der Waals surface area contributed by atoms with E-state index in [0.29, 0.717) is 6.04 Å². The molecule has 0 aliphatic carbocycles. The maximum Gasteiger partial charge on any atom is 0.0983 e. The Morgan fingerprint density at radius 3 is 2.34 bits per heavy atom. The normalized spacial score (nSPS) is 16.4. The molecule has 0 unspecified atom stereocenters. The van der Waals surface area contributed by atoms with Crippen molar-refractivity contribution in [3.8, 4) is 11.3 Å². The van der Waals surface area contributed by atoms with E-state index in [-0.39, 0.29) is 0 Å². The highest BCUT2D eigenvalue weighted by Crippen LogP contribution is 2.22. The van der Waals surface area contributed by atoms with Crippen molar-refractivity contribution in [2.75, 3.05) is 13.1 Å². The Kier molecular flexibility index (Phi) is 6.37. The highest BCUT2D eigenvalue weighted by Gasteiger charge is 2.22. The summed E-state index contributed by atoms with van der Waals surface area (Å²) >= 11 is 0. The van der Waals surface area contributed by atoms with E-state index in [9.17, 15) is 0 Å². The third-order valence-electron chi connectivity index (χ3n) is 6.06. The van der Waals surface area contributed by atoms with Crippen LogP contribution < -0.4 is 5.32 Å². The van der Waals surface area contributed by atoms with Gasteiger partial charge in [0.05, 0.1) is 12.2 Å². The molecule has 1 atom stereocenters. The molecule has 2 aromatic heterocycles. The van der Waals surface area contributed by atoms with Crippen LogP contribution in [0.15, 0.2) is 91.4 Å². The number of nitrogens with one attached hydrogen (secondary N) is 1. The standard InChI is InChI=1S/C27H29N5/c1-3-8-22(9-4-1)18-31-15-13-26(21-31)29-17-25-20-32(19-23-10-5-2-6-11-23)30-27(25)24-12-7-14-28-16-24/h1-12,14,16,20,26,29H,13,15,17-19,21H2/t26-/m1/s1. The first kappa shape index (κ1) is 20.6. The van der Waals surface area contributed by atoms with Gasteiger partial charge in [-0.1, -0.05) is 60.7 Å². The van der Waals surface area contributed by atoms with E-state index in [0.717, 1.165) is 44.0 Å². The number of hydrogen-bond acceptors (Lipinski definition) is 4. The molecule has 3 heterocycles. The van der Waals surface area contributed by atoms with Gasteiger partial charge in [0.1, 0.15) is 0 Å². The third kappa shape index (κ3) is 5.13. The molecule has 0 saturated carbocycles. The van der Waals surface area contributed by atoms with E-state index < -0.39 is 0 Å². The minimum atomic E-state index is 0.498. The lowest BCUT2D eigenvalue weighted by Gasteiger charge is -2.17. The molecule has 1 N–H and O–H groups in total.